The number of ether oxygens (including phenoxy) is 2. The van der Waals surface area contributed by atoms with Crippen LogP contribution in [-0.2, 0) is 31.9 Å². The molecule has 0 amide bonds. The Morgan fingerprint density at radius 3 is 2.38 bits per heavy atom. The molecule has 73 heavy (non-hydrogen) atoms. The molecule has 6 bridgehead atoms. The van der Waals surface area contributed by atoms with Crippen molar-refractivity contribution in [2.75, 3.05) is 6.61 Å². The first-order chi connectivity index (χ1) is 35.2. The highest BCUT2D eigenvalue weighted by molar-refractivity contribution is 5.85. The minimum absolute atomic E-state index is 0.171. The van der Waals surface area contributed by atoms with Crippen LogP contribution >= 0.6 is 0 Å². The second-order valence-electron chi connectivity index (χ2n) is 27.2. The molecular formula is C66H86O7. The molecule has 3 N–H and O–H groups in total. The minimum atomic E-state index is -1.71. The van der Waals surface area contributed by atoms with Gasteiger partial charge >= 0.3 is 11.9 Å². The van der Waals surface area contributed by atoms with Gasteiger partial charge in [-0.15, -0.1) is 5.92 Å². The van der Waals surface area contributed by atoms with E-state index in [1.165, 1.54) is 81.8 Å². The van der Waals surface area contributed by atoms with Gasteiger partial charge < -0.3 is 24.8 Å². The lowest BCUT2D eigenvalue weighted by atomic mass is 9.34. The van der Waals surface area contributed by atoms with Crippen LogP contribution < -0.4 is 0 Å². The lowest BCUT2D eigenvalue weighted by Gasteiger charge is -2.72. The van der Waals surface area contributed by atoms with E-state index in [0.717, 1.165) is 62.4 Å². The molecule has 3 spiro atoms. The largest absolute Gasteiger partial charge is 0.462 e. The van der Waals surface area contributed by atoms with E-state index in [1.807, 2.05) is 6.92 Å². The maximum Gasteiger partial charge on any atom is 0.331 e. The molecule has 12 rings (SSSR count). The molecule has 7 saturated carbocycles. The van der Waals surface area contributed by atoms with Gasteiger partial charge in [-0.3, -0.25) is 4.79 Å². The normalized spacial score (nSPS) is 43.8. The third kappa shape index (κ3) is 7.95. The van der Waals surface area contributed by atoms with E-state index in [9.17, 15) is 24.9 Å². The standard InChI is InChI=1S/C66H86O7/c1-44(14-12-19-45-15-6-4-7-16-45)22-25-54(67)66-55(68)28-31-61(3,59(66)53-41-60(2,29-11-10-21-56(69)73-53)65(66,71)33-26-47-36-57(70)72-42-47)52-27-32-63-39-49(52)37-48-38-50-20-13-30-62(50)34-35-64(43-62,58(48)63)51(40-63)24-23-46-17-8-5-9-18-46/h4-9,15-18,36-37,44,49-55,58-59,67-68,71H,10,12-14,19-28,30-35,38-43H2,1-3H3. The van der Waals surface area contributed by atoms with Crippen LogP contribution in [0.1, 0.15) is 180 Å². The van der Waals surface area contributed by atoms with Gasteiger partial charge in [0.25, 0.3) is 0 Å². The number of esters is 2. The number of aliphatic hydroxyl groups is 3. The van der Waals surface area contributed by atoms with E-state index in [0.29, 0.717) is 60.7 Å². The summed E-state index contributed by atoms with van der Waals surface area (Å²) in [5.41, 5.74) is 1.75. The molecule has 7 fully saturated rings. The van der Waals surface area contributed by atoms with Crippen molar-refractivity contribution in [3.05, 3.63) is 95.1 Å². The Hall–Kier alpha value is -3.70. The molecule has 8 aliphatic carbocycles. The predicted octanol–water partition coefficient (Wildman–Crippen LogP) is 12.6. The van der Waals surface area contributed by atoms with Crippen LogP contribution in [0.15, 0.2) is 84.0 Å². The predicted molar refractivity (Wildman–Crippen MR) is 284 cm³/mol. The van der Waals surface area contributed by atoms with E-state index < -0.39 is 46.1 Å². The van der Waals surface area contributed by atoms with Crippen molar-refractivity contribution >= 4 is 11.9 Å². The molecule has 2 aromatic carbocycles. The maximum atomic E-state index is 14.5. The van der Waals surface area contributed by atoms with Gasteiger partial charge in [0.15, 0.2) is 0 Å². The van der Waals surface area contributed by atoms with E-state index in [1.54, 1.807) is 11.6 Å². The summed E-state index contributed by atoms with van der Waals surface area (Å²) in [7, 11) is 0. The van der Waals surface area contributed by atoms with Crippen LogP contribution in [0.25, 0.3) is 0 Å². The Balaban J connectivity index is 0.940. The summed E-state index contributed by atoms with van der Waals surface area (Å²) in [4.78, 5) is 26.7. The van der Waals surface area contributed by atoms with Crippen molar-refractivity contribution in [1.82, 2.24) is 0 Å². The lowest BCUT2D eigenvalue weighted by Crippen LogP contribution is -2.79. The summed E-state index contributed by atoms with van der Waals surface area (Å²) in [5.74, 6) is 8.75. The second kappa shape index (κ2) is 18.8. The van der Waals surface area contributed by atoms with Gasteiger partial charge in [0.1, 0.15) is 12.7 Å². The van der Waals surface area contributed by atoms with Crippen molar-refractivity contribution in [1.29, 1.82) is 0 Å². The van der Waals surface area contributed by atoms with Gasteiger partial charge in [0.2, 0.25) is 0 Å². The molecule has 0 aromatic heterocycles. The molecule has 0 radical (unpaired) electrons. The minimum Gasteiger partial charge on any atom is -0.462 e. The number of carbonyl (C=O) groups excluding carboxylic acids is 2. The van der Waals surface area contributed by atoms with Crippen LogP contribution in [0.3, 0.4) is 0 Å². The van der Waals surface area contributed by atoms with E-state index in [-0.39, 0.29) is 42.7 Å². The fourth-order valence-corrected chi connectivity index (χ4v) is 21.0. The molecule has 10 aliphatic rings. The van der Waals surface area contributed by atoms with Crippen LogP contribution in [-0.4, -0.2) is 57.8 Å². The quantitative estimate of drug-likeness (QED) is 0.0925. The first-order valence-corrected chi connectivity index (χ1v) is 29.6. The number of allylic oxidation sites excluding steroid dienone is 2. The first kappa shape index (κ1) is 50.1. The number of aliphatic hydroxyl groups excluding tert-OH is 2. The number of carbonyl (C=O) groups is 2. The Morgan fingerprint density at radius 1 is 0.836 bits per heavy atom. The summed E-state index contributed by atoms with van der Waals surface area (Å²) < 4.78 is 12.3. The zero-order valence-electron chi connectivity index (χ0n) is 44.6. The Kier molecular flexibility index (Phi) is 12.9. The topological polar surface area (TPSA) is 113 Å². The molecule has 7 nitrogen and oxygen atoms in total. The van der Waals surface area contributed by atoms with Crippen molar-refractivity contribution in [2.45, 2.75) is 205 Å². The Labute approximate surface area is 437 Å². The highest BCUT2D eigenvalue weighted by atomic mass is 16.5. The van der Waals surface area contributed by atoms with Crippen LogP contribution in [0.2, 0.25) is 0 Å². The van der Waals surface area contributed by atoms with Crippen molar-refractivity contribution in [3.63, 3.8) is 0 Å². The summed E-state index contributed by atoms with van der Waals surface area (Å²) >= 11 is 0. The summed E-state index contributed by atoms with van der Waals surface area (Å²) in [5, 5.41) is 41.6. The fraction of sp³-hybridized carbons (Fsp3) is 0.697. The van der Waals surface area contributed by atoms with Crippen LogP contribution in [0.5, 0.6) is 0 Å². The second-order valence-corrected chi connectivity index (χ2v) is 27.2. The van der Waals surface area contributed by atoms with Crippen molar-refractivity contribution < 1.29 is 34.4 Å². The maximum absolute atomic E-state index is 14.5. The molecule has 2 heterocycles. The average Bonchev–Trinajstić information content (AvgIpc) is 4.14. The van der Waals surface area contributed by atoms with Gasteiger partial charge in [0.05, 0.1) is 35.1 Å². The molecule has 17 unspecified atom stereocenters. The van der Waals surface area contributed by atoms with Crippen molar-refractivity contribution in [2.24, 2.45) is 73.9 Å². The number of aryl methyl sites for hydroxylation is 2. The number of benzene rings is 2. The summed E-state index contributed by atoms with van der Waals surface area (Å²) in [6.45, 7) is 6.92. The molecule has 392 valence electrons. The van der Waals surface area contributed by atoms with Gasteiger partial charge in [-0.2, -0.15) is 0 Å². The first-order valence-electron chi connectivity index (χ1n) is 29.6. The summed E-state index contributed by atoms with van der Waals surface area (Å²) in [6.07, 6.45) is 25.2. The lowest BCUT2D eigenvalue weighted by molar-refractivity contribution is -0.340. The fourth-order valence-electron chi connectivity index (χ4n) is 21.0. The zero-order chi connectivity index (χ0) is 50.4. The number of cyclic esters (lactones) is 1. The summed E-state index contributed by atoms with van der Waals surface area (Å²) in [6, 6.07) is 21.9. The number of hydrogen-bond donors (Lipinski definition) is 3. The van der Waals surface area contributed by atoms with Gasteiger partial charge in [-0.25, -0.2) is 4.79 Å². The van der Waals surface area contributed by atoms with Gasteiger partial charge in [-0.05, 0) is 209 Å². The highest BCUT2D eigenvalue weighted by Gasteiger charge is 2.79. The smallest absolute Gasteiger partial charge is 0.331 e. The monoisotopic (exact) mass is 991 g/mol. The molecule has 0 saturated heterocycles. The SMILES string of the molecule is CC(CCCc1ccccc1)CCC(O)C12C(O)CCC(C)(C3CCC45CC3C=C3CC6CCCC67CCC(C7)(C(CCc6ccccc6)C4)C35)C1C1CC(C)(C#CCCC(=O)O1)C2(O)CCC1=CC(=O)OC1. The van der Waals surface area contributed by atoms with E-state index in [2.05, 4.69) is 92.4 Å². The number of hydrogen-bond acceptors (Lipinski definition) is 7. The van der Waals surface area contributed by atoms with E-state index >= 15 is 0 Å². The highest BCUT2D eigenvalue weighted by Crippen LogP contribution is 2.81. The Bertz CT molecular complexity index is 2540. The number of fused-ring (bicyclic) bond motifs is 5. The molecule has 7 heteroatoms. The van der Waals surface area contributed by atoms with Crippen LogP contribution in [0, 0.1) is 85.8 Å². The number of rotatable bonds is 15. The average molecular weight is 991 g/mol. The third-order valence-corrected chi connectivity index (χ3v) is 23.8. The van der Waals surface area contributed by atoms with Crippen LogP contribution in [0.4, 0.5) is 0 Å². The Morgan fingerprint density at radius 2 is 1.62 bits per heavy atom. The molecular weight excluding hydrogens is 905 g/mol. The molecule has 17 atom stereocenters. The molecule has 2 aliphatic heterocycles. The van der Waals surface area contributed by atoms with Crippen molar-refractivity contribution in [3.8, 4) is 11.8 Å². The zero-order valence-corrected chi connectivity index (χ0v) is 44.6. The van der Waals surface area contributed by atoms with Gasteiger partial charge in [-0.1, -0.05) is 105 Å². The van der Waals surface area contributed by atoms with Gasteiger partial charge in [0, 0.05) is 24.8 Å². The third-order valence-electron chi connectivity index (χ3n) is 23.8. The molecule has 2 aromatic rings. The van der Waals surface area contributed by atoms with E-state index in [4.69, 9.17) is 9.47 Å².